The van der Waals surface area contributed by atoms with Gasteiger partial charge in [-0.3, -0.25) is 4.90 Å². The van der Waals surface area contributed by atoms with E-state index in [1.54, 1.807) is 0 Å². The third-order valence-corrected chi connectivity index (χ3v) is 3.81. The molecule has 0 radical (unpaired) electrons. The summed E-state index contributed by atoms with van der Waals surface area (Å²) in [6.07, 6.45) is 2.54. The third-order valence-electron chi connectivity index (χ3n) is 3.81. The number of nitrogens with zero attached hydrogens (tertiary/aromatic N) is 1. The predicted molar refractivity (Wildman–Crippen MR) is 77.6 cm³/mol. The van der Waals surface area contributed by atoms with Gasteiger partial charge in [0, 0.05) is 31.2 Å². The van der Waals surface area contributed by atoms with Crippen LogP contribution in [0.2, 0.25) is 0 Å². The van der Waals surface area contributed by atoms with Gasteiger partial charge in [0.2, 0.25) is 0 Å². The van der Waals surface area contributed by atoms with Gasteiger partial charge in [-0.1, -0.05) is 44.2 Å². The topological polar surface area (TPSA) is 15.3 Å². The van der Waals surface area contributed by atoms with Crippen LogP contribution in [-0.2, 0) is 6.54 Å². The fourth-order valence-corrected chi connectivity index (χ4v) is 2.90. The van der Waals surface area contributed by atoms with E-state index in [-0.39, 0.29) is 0 Å². The first kappa shape index (κ1) is 13.6. The van der Waals surface area contributed by atoms with E-state index in [4.69, 9.17) is 0 Å². The van der Waals surface area contributed by atoms with Crippen molar-refractivity contribution in [2.75, 3.05) is 6.54 Å². The minimum atomic E-state index is 0.600. The van der Waals surface area contributed by atoms with Crippen molar-refractivity contribution in [2.45, 2.75) is 58.3 Å². The molecule has 2 atom stereocenters. The average Bonchev–Trinajstić information content (AvgIpc) is 2.33. The van der Waals surface area contributed by atoms with Crippen LogP contribution in [0, 0.1) is 0 Å². The first-order valence-corrected chi connectivity index (χ1v) is 7.19. The van der Waals surface area contributed by atoms with Crippen LogP contribution in [0.4, 0.5) is 0 Å². The molecule has 0 spiro atoms. The Kier molecular flexibility index (Phi) is 4.79. The lowest BCUT2D eigenvalue weighted by Gasteiger charge is -2.38. The highest BCUT2D eigenvalue weighted by Gasteiger charge is 2.25. The van der Waals surface area contributed by atoms with Gasteiger partial charge in [0.25, 0.3) is 0 Å². The van der Waals surface area contributed by atoms with Crippen molar-refractivity contribution >= 4 is 0 Å². The Balaban J connectivity index is 1.86. The van der Waals surface area contributed by atoms with E-state index in [0.29, 0.717) is 18.1 Å². The van der Waals surface area contributed by atoms with E-state index in [9.17, 15) is 0 Å². The molecule has 0 amide bonds. The van der Waals surface area contributed by atoms with Crippen LogP contribution in [0.1, 0.15) is 39.2 Å². The van der Waals surface area contributed by atoms with E-state index < -0.39 is 0 Å². The molecule has 1 aliphatic rings. The molecule has 1 aliphatic heterocycles. The molecule has 2 nitrogen and oxygen atoms in total. The molecule has 1 heterocycles. The Bertz CT molecular complexity index is 347. The molecule has 0 aromatic heterocycles. The lowest BCUT2D eigenvalue weighted by atomic mass is 9.97. The molecule has 2 unspecified atom stereocenters. The van der Waals surface area contributed by atoms with Gasteiger partial charge in [0.1, 0.15) is 0 Å². The monoisotopic (exact) mass is 246 g/mol. The van der Waals surface area contributed by atoms with Crippen molar-refractivity contribution in [1.29, 1.82) is 0 Å². The zero-order valence-corrected chi connectivity index (χ0v) is 11.9. The smallest absolute Gasteiger partial charge is 0.0236 e. The number of benzene rings is 1. The number of nitrogens with one attached hydrogen (secondary N) is 1. The SMILES string of the molecule is CC(C)NC1CCN(Cc2ccccc2)C(C)C1. The molecule has 0 bridgehead atoms. The van der Waals surface area contributed by atoms with Crippen LogP contribution >= 0.6 is 0 Å². The summed E-state index contributed by atoms with van der Waals surface area (Å²) >= 11 is 0. The van der Waals surface area contributed by atoms with Crippen molar-refractivity contribution in [3.63, 3.8) is 0 Å². The third kappa shape index (κ3) is 3.82. The fourth-order valence-electron chi connectivity index (χ4n) is 2.90. The van der Waals surface area contributed by atoms with E-state index in [1.165, 1.54) is 24.9 Å². The number of hydrogen-bond acceptors (Lipinski definition) is 2. The standard InChI is InChI=1S/C16H26N2/c1-13(2)17-16-9-10-18(14(3)11-16)12-15-7-5-4-6-8-15/h4-8,13-14,16-17H,9-12H2,1-3H3. The summed E-state index contributed by atoms with van der Waals surface area (Å²) < 4.78 is 0. The van der Waals surface area contributed by atoms with E-state index in [0.717, 1.165) is 6.54 Å². The van der Waals surface area contributed by atoms with Crippen LogP contribution in [-0.4, -0.2) is 29.6 Å². The summed E-state index contributed by atoms with van der Waals surface area (Å²) in [6.45, 7) is 9.13. The summed E-state index contributed by atoms with van der Waals surface area (Å²) in [7, 11) is 0. The normalized spacial score (nSPS) is 25.6. The molecule has 18 heavy (non-hydrogen) atoms. The Morgan fingerprint density at radius 2 is 2.00 bits per heavy atom. The second kappa shape index (κ2) is 6.35. The second-order valence-electron chi connectivity index (χ2n) is 5.85. The van der Waals surface area contributed by atoms with Gasteiger partial charge in [-0.05, 0) is 25.3 Å². The Morgan fingerprint density at radius 3 is 2.61 bits per heavy atom. The van der Waals surface area contributed by atoms with Gasteiger partial charge < -0.3 is 5.32 Å². The average molecular weight is 246 g/mol. The van der Waals surface area contributed by atoms with Crippen molar-refractivity contribution < 1.29 is 0 Å². The Hall–Kier alpha value is -0.860. The van der Waals surface area contributed by atoms with Crippen molar-refractivity contribution in [3.05, 3.63) is 35.9 Å². The summed E-state index contributed by atoms with van der Waals surface area (Å²) in [4.78, 5) is 2.60. The van der Waals surface area contributed by atoms with Crippen molar-refractivity contribution in [1.82, 2.24) is 10.2 Å². The van der Waals surface area contributed by atoms with Gasteiger partial charge in [-0.2, -0.15) is 0 Å². The molecule has 0 aliphatic carbocycles. The van der Waals surface area contributed by atoms with Gasteiger partial charge in [-0.25, -0.2) is 0 Å². The zero-order valence-electron chi connectivity index (χ0n) is 11.9. The molecule has 1 aromatic rings. The second-order valence-corrected chi connectivity index (χ2v) is 5.85. The summed E-state index contributed by atoms with van der Waals surface area (Å²) in [6, 6.07) is 12.8. The van der Waals surface area contributed by atoms with E-state index >= 15 is 0 Å². The highest BCUT2D eigenvalue weighted by atomic mass is 15.2. The molecule has 2 rings (SSSR count). The number of likely N-dealkylation sites (tertiary alicyclic amines) is 1. The largest absolute Gasteiger partial charge is 0.312 e. The van der Waals surface area contributed by atoms with Crippen LogP contribution in [0.3, 0.4) is 0 Å². The van der Waals surface area contributed by atoms with Crippen LogP contribution in [0.25, 0.3) is 0 Å². The van der Waals surface area contributed by atoms with E-state index in [1.807, 2.05) is 0 Å². The molecular formula is C16H26N2. The van der Waals surface area contributed by atoms with Crippen LogP contribution in [0.5, 0.6) is 0 Å². The quantitative estimate of drug-likeness (QED) is 0.878. The summed E-state index contributed by atoms with van der Waals surface area (Å²) in [5.74, 6) is 0. The number of rotatable bonds is 4. The first-order chi connectivity index (χ1) is 8.65. The molecule has 1 saturated heterocycles. The molecule has 2 heteroatoms. The van der Waals surface area contributed by atoms with Crippen molar-refractivity contribution in [3.8, 4) is 0 Å². The van der Waals surface area contributed by atoms with Crippen LogP contribution in [0.15, 0.2) is 30.3 Å². The highest BCUT2D eigenvalue weighted by molar-refractivity contribution is 5.14. The lowest BCUT2D eigenvalue weighted by Crippen LogP contribution is -2.48. The Morgan fingerprint density at radius 1 is 1.28 bits per heavy atom. The minimum Gasteiger partial charge on any atom is -0.312 e. The van der Waals surface area contributed by atoms with Gasteiger partial charge >= 0.3 is 0 Å². The highest BCUT2D eigenvalue weighted by Crippen LogP contribution is 2.20. The summed E-state index contributed by atoms with van der Waals surface area (Å²) in [5, 5.41) is 3.67. The molecule has 0 saturated carbocycles. The van der Waals surface area contributed by atoms with E-state index in [2.05, 4.69) is 61.3 Å². The fraction of sp³-hybridized carbons (Fsp3) is 0.625. The molecule has 1 N–H and O–H groups in total. The number of hydrogen-bond donors (Lipinski definition) is 1. The first-order valence-electron chi connectivity index (χ1n) is 7.19. The molecule has 100 valence electrons. The predicted octanol–water partition coefficient (Wildman–Crippen LogP) is 3.04. The maximum atomic E-state index is 3.67. The van der Waals surface area contributed by atoms with Gasteiger partial charge in [0.15, 0.2) is 0 Å². The minimum absolute atomic E-state index is 0.600. The van der Waals surface area contributed by atoms with Gasteiger partial charge in [0.05, 0.1) is 0 Å². The maximum absolute atomic E-state index is 3.67. The molecular weight excluding hydrogens is 220 g/mol. The number of piperidine rings is 1. The zero-order chi connectivity index (χ0) is 13.0. The summed E-state index contributed by atoms with van der Waals surface area (Å²) in [5.41, 5.74) is 1.43. The van der Waals surface area contributed by atoms with Crippen molar-refractivity contribution in [2.24, 2.45) is 0 Å². The molecule has 1 fully saturated rings. The molecule has 1 aromatic carbocycles. The van der Waals surface area contributed by atoms with Crippen LogP contribution < -0.4 is 5.32 Å². The van der Waals surface area contributed by atoms with Gasteiger partial charge in [-0.15, -0.1) is 0 Å². The maximum Gasteiger partial charge on any atom is 0.0236 e. The lowest BCUT2D eigenvalue weighted by molar-refractivity contribution is 0.126. The Labute approximate surface area is 111 Å².